The molecule has 1 saturated heterocycles. The van der Waals surface area contributed by atoms with E-state index >= 15 is 0 Å². The zero-order chi connectivity index (χ0) is 16.7. The summed E-state index contributed by atoms with van der Waals surface area (Å²) >= 11 is 0. The largest absolute Gasteiger partial charge is 0.477 e. The first-order valence-corrected chi connectivity index (χ1v) is 8.49. The molecule has 0 spiro atoms. The molecule has 124 valence electrons. The van der Waals surface area contributed by atoms with Crippen LogP contribution in [-0.2, 0) is 0 Å². The summed E-state index contributed by atoms with van der Waals surface area (Å²) in [6.45, 7) is 2.19. The van der Waals surface area contributed by atoms with Gasteiger partial charge in [-0.25, -0.2) is 4.79 Å². The van der Waals surface area contributed by atoms with E-state index in [4.69, 9.17) is 0 Å². The number of hydrogen-bond acceptors (Lipinski definition) is 3. The molecule has 5 nitrogen and oxygen atoms in total. The van der Waals surface area contributed by atoms with E-state index < -0.39 is 11.5 Å². The molecule has 1 saturated carbocycles. The number of aromatic carboxylic acids is 1. The van der Waals surface area contributed by atoms with E-state index in [0.29, 0.717) is 5.92 Å². The summed E-state index contributed by atoms with van der Waals surface area (Å²) in [5.74, 6) is -0.817. The fourth-order valence-corrected chi connectivity index (χ4v) is 3.47. The van der Waals surface area contributed by atoms with Gasteiger partial charge >= 0.3 is 5.97 Å². The lowest BCUT2D eigenvalue weighted by atomic mass is 10.00. The third-order valence-electron chi connectivity index (χ3n) is 4.95. The second-order valence-corrected chi connectivity index (χ2v) is 6.66. The van der Waals surface area contributed by atoms with Crippen LogP contribution in [0.4, 0.5) is 5.69 Å². The number of H-pyrrole nitrogens is 1. The Balaban J connectivity index is 1.74. The Kier molecular flexibility index (Phi) is 3.63. The highest BCUT2D eigenvalue weighted by Gasteiger charge is 2.29. The number of aromatic nitrogens is 1. The van der Waals surface area contributed by atoms with Gasteiger partial charge in [-0.1, -0.05) is 12.1 Å². The molecule has 24 heavy (non-hydrogen) atoms. The van der Waals surface area contributed by atoms with E-state index in [0.717, 1.165) is 42.8 Å². The molecular weight excluding hydrogens is 304 g/mol. The van der Waals surface area contributed by atoms with Gasteiger partial charge in [0.05, 0.1) is 5.69 Å². The van der Waals surface area contributed by atoms with Gasteiger partial charge in [-0.15, -0.1) is 0 Å². The summed E-state index contributed by atoms with van der Waals surface area (Å²) in [4.78, 5) is 28.5. The SMILES string of the molecule is O=C(O)c1cc(C2CC2)c(-c2ccc(N3CCCC3)cc2)[nH]c1=O. The maximum Gasteiger partial charge on any atom is 0.341 e. The Labute approximate surface area is 139 Å². The molecule has 4 rings (SSSR count). The minimum absolute atomic E-state index is 0.172. The Morgan fingerprint density at radius 2 is 1.79 bits per heavy atom. The van der Waals surface area contributed by atoms with Crippen molar-refractivity contribution in [3.63, 3.8) is 0 Å². The fraction of sp³-hybridized carbons (Fsp3) is 0.368. The van der Waals surface area contributed by atoms with E-state index in [9.17, 15) is 14.7 Å². The fourth-order valence-electron chi connectivity index (χ4n) is 3.47. The van der Waals surface area contributed by atoms with Crippen LogP contribution in [0.15, 0.2) is 35.1 Å². The first kappa shape index (κ1) is 15.0. The standard InChI is InChI=1S/C19H20N2O3/c22-18-16(19(23)24)11-15(12-3-4-12)17(20-18)13-5-7-14(8-6-13)21-9-1-2-10-21/h5-8,11-12H,1-4,9-10H2,(H,20,22)(H,23,24). The van der Waals surface area contributed by atoms with Crippen LogP contribution in [0.5, 0.6) is 0 Å². The predicted molar refractivity (Wildman–Crippen MR) is 92.9 cm³/mol. The number of rotatable bonds is 4. The monoisotopic (exact) mass is 324 g/mol. The highest BCUT2D eigenvalue weighted by atomic mass is 16.4. The molecule has 1 aliphatic carbocycles. The van der Waals surface area contributed by atoms with Crippen LogP contribution in [0.2, 0.25) is 0 Å². The highest BCUT2D eigenvalue weighted by Crippen LogP contribution is 2.43. The summed E-state index contributed by atoms with van der Waals surface area (Å²) in [6, 6.07) is 9.76. The van der Waals surface area contributed by atoms with Crippen LogP contribution in [-0.4, -0.2) is 29.1 Å². The average molecular weight is 324 g/mol. The van der Waals surface area contributed by atoms with Crippen molar-refractivity contribution in [2.45, 2.75) is 31.6 Å². The van der Waals surface area contributed by atoms with Gasteiger partial charge in [0.15, 0.2) is 0 Å². The molecule has 2 aromatic rings. The van der Waals surface area contributed by atoms with Gasteiger partial charge in [0.25, 0.3) is 5.56 Å². The minimum Gasteiger partial charge on any atom is -0.477 e. The molecule has 2 heterocycles. The third kappa shape index (κ3) is 2.70. The van der Waals surface area contributed by atoms with Crippen molar-refractivity contribution in [1.29, 1.82) is 0 Å². The van der Waals surface area contributed by atoms with E-state index in [1.165, 1.54) is 18.5 Å². The third-order valence-corrected chi connectivity index (χ3v) is 4.95. The summed E-state index contributed by atoms with van der Waals surface area (Å²) in [6.07, 6.45) is 4.56. The number of carboxylic acid groups (broad SMARTS) is 1. The van der Waals surface area contributed by atoms with Crippen LogP contribution in [0.3, 0.4) is 0 Å². The van der Waals surface area contributed by atoms with Gasteiger partial charge in [-0.2, -0.15) is 0 Å². The second kappa shape index (κ2) is 5.82. The molecular formula is C19H20N2O3. The first-order valence-electron chi connectivity index (χ1n) is 8.49. The molecule has 2 fully saturated rings. The van der Waals surface area contributed by atoms with Gasteiger partial charge in [-0.05, 0) is 60.9 Å². The quantitative estimate of drug-likeness (QED) is 0.905. The number of nitrogens with zero attached hydrogens (tertiary/aromatic N) is 1. The van der Waals surface area contributed by atoms with Gasteiger partial charge in [0.2, 0.25) is 0 Å². The van der Waals surface area contributed by atoms with E-state index in [2.05, 4.69) is 22.0 Å². The van der Waals surface area contributed by atoms with Crippen molar-refractivity contribution in [3.05, 3.63) is 51.8 Å². The van der Waals surface area contributed by atoms with Crippen LogP contribution in [0, 0.1) is 0 Å². The molecule has 0 radical (unpaired) electrons. The van der Waals surface area contributed by atoms with E-state index in [1.807, 2.05) is 12.1 Å². The van der Waals surface area contributed by atoms with Crippen LogP contribution in [0.1, 0.15) is 47.5 Å². The zero-order valence-corrected chi connectivity index (χ0v) is 13.4. The lowest BCUT2D eigenvalue weighted by Crippen LogP contribution is -2.19. The highest BCUT2D eigenvalue weighted by molar-refractivity contribution is 5.88. The number of benzene rings is 1. The Bertz CT molecular complexity index is 829. The van der Waals surface area contributed by atoms with Gasteiger partial charge < -0.3 is 15.0 Å². The van der Waals surface area contributed by atoms with E-state index in [1.54, 1.807) is 6.07 Å². The molecule has 0 unspecified atom stereocenters. The molecule has 1 aromatic heterocycles. The number of hydrogen-bond donors (Lipinski definition) is 2. The van der Waals surface area contributed by atoms with Crippen molar-refractivity contribution in [3.8, 4) is 11.3 Å². The smallest absolute Gasteiger partial charge is 0.341 e. The lowest BCUT2D eigenvalue weighted by molar-refractivity contribution is 0.0695. The summed E-state index contributed by atoms with van der Waals surface area (Å²) in [5.41, 5.74) is 3.14. The van der Waals surface area contributed by atoms with Gasteiger partial charge in [0, 0.05) is 18.8 Å². The number of pyridine rings is 1. The van der Waals surface area contributed by atoms with Crippen molar-refractivity contribution in [2.75, 3.05) is 18.0 Å². The molecule has 1 aliphatic heterocycles. The number of carboxylic acids is 1. The van der Waals surface area contributed by atoms with Gasteiger partial charge in [-0.3, -0.25) is 4.79 Å². The number of aromatic amines is 1. The van der Waals surface area contributed by atoms with Crippen LogP contribution < -0.4 is 10.5 Å². The molecule has 0 bridgehead atoms. The molecule has 0 amide bonds. The summed E-state index contributed by atoms with van der Waals surface area (Å²) in [7, 11) is 0. The topological polar surface area (TPSA) is 73.4 Å². The molecule has 1 aromatic carbocycles. The predicted octanol–water partition coefficient (Wildman–Crippen LogP) is 3.22. The number of carbonyl (C=O) groups is 1. The average Bonchev–Trinajstić information content (AvgIpc) is 3.28. The normalized spacial score (nSPS) is 17.2. The number of anilines is 1. The molecule has 2 N–H and O–H groups in total. The Morgan fingerprint density at radius 1 is 1.12 bits per heavy atom. The van der Waals surface area contributed by atoms with Crippen molar-refractivity contribution >= 4 is 11.7 Å². The van der Waals surface area contributed by atoms with Crippen molar-refractivity contribution in [2.24, 2.45) is 0 Å². The second-order valence-electron chi connectivity index (χ2n) is 6.66. The Morgan fingerprint density at radius 3 is 2.38 bits per heavy atom. The van der Waals surface area contributed by atoms with Gasteiger partial charge in [0.1, 0.15) is 5.56 Å². The summed E-state index contributed by atoms with van der Waals surface area (Å²) in [5, 5.41) is 9.19. The first-order chi connectivity index (χ1) is 11.6. The Hall–Kier alpha value is -2.56. The number of nitrogens with one attached hydrogen (secondary N) is 1. The molecule has 2 aliphatic rings. The van der Waals surface area contributed by atoms with Crippen LogP contribution >= 0.6 is 0 Å². The molecule has 5 heteroatoms. The van der Waals surface area contributed by atoms with Crippen molar-refractivity contribution < 1.29 is 9.90 Å². The summed E-state index contributed by atoms with van der Waals surface area (Å²) < 4.78 is 0. The molecule has 0 atom stereocenters. The maximum absolute atomic E-state index is 12.1. The van der Waals surface area contributed by atoms with E-state index in [-0.39, 0.29) is 5.56 Å². The van der Waals surface area contributed by atoms with Crippen molar-refractivity contribution in [1.82, 2.24) is 4.98 Å². The zero-order valence-electron chi connectivity index (χ0n) is 13.4. The lowest BCUT2D eigenvalue weighted by Gasteiger charge is -2.18. The maximum atomic E-state index is 12.1. The minimum atomic E-state index is -1.17. The van der Waals surface area contributed by atoms with Crippen LogP contribution in [0.25, 0.3) is 11.3 Å².